The first-order valence-corrected chi connectivity index (χ1v) is 8.20. The van der Waals surface area contributed by atoms with Gasteiger partial charge in [0.2, 0.25) is 5.91 Å². The van der Waals surface area contributed by atoms with E-state index in [1.54, 1.807) is 0 Å². The molecular weight excluding hydrogens is 312 g/mol. The van der Waals surface area contributed by atoms with E-state index in [-0.39, 0.29) is 23.7 Å². The van der Waals surface area contributed by atoms with Crippen LogP contribution in [0.2, 0.25) is 0 Å². The minimum absolute atomic E-state index is 0. The van der Waals surface area contributed by atoms with Gasteiger partial charge in [0.15, 0.2) is 0 Å². The van der Waals surface area contributed by atoms with Crippen LogP contribution in [0.25, 0.3) is 0 Å². The van der Waals surface area contributed by atoms with E-state index in [9.17, 15) is 4.79 Å². The highest BCUT2D eigenvalue weighted by Crippen LogP contribution is 2.34. The van der Waals surface area contributed by atoms with Crippen LogP contribution in [0.3, 0.4) is 0 Å². The zero-order valence-corrected chi connectivity index (χ0v) is 14.9. The van der Waals surface area contributed by atoms with Crippen molar-refractivity contribution >= 4 is 18.3 Å². The molecule has 1 saturated heterocycles. The average Bonchev–Trinajstić information content (AvgIpc) is 2.53. The summed E-state index contributed by atoms with van der Waals surface area (Å²) in [7, 11) is 0. The van der Waals surface area contributed by atoms with E-state index in [1.807, 2.05) is 6.07 Å². The maximum Gasteiger partial charge on any atom is 0.236 e. The van der Waals surface area contributed by atoms with Gasteiger partial charge in [0.1, 0.15) is 0 Å². The van der Waals surface area contributed by atoms with Crippen LogP contribution in [-0.2, 0) is 14.9 Å². The van der Waals surface area contributed by atoms with Gasteiger partial charge in [-0.1, -0.05) is 44.2 Å². The fourth-order valence-electron chi connectivity index (χ4n) is 3.12. The second-order valence-electron chi connectivity index (χ2n) is 6.71. The zero-order chi connectivity index (χ0) is 16.0. The van der Waals surface area contributed by atoms with Gasteiger partial charge in [-0.05, 0) is 30.7 Å². The van der Waals surface area contributed by atoms with E-state index < -0.39 is 6.04 Å². The third-order valence-corrected chi connectivity index (χ3v) is 4.50. The molecule has 130 valence electrons. The molecule has 0 radical (unpaired) electrons. The number of carbonyl (C=O) groups excluding carboxylic acids is 1. The minimum atomic E-state index is -0.423. The Balaban J connectivity index is 0.00000264. The van der Waals surface area contributed by atoms with E-state index in [0.717, 1.165) is 26.1 Å². The molecule has 4 nitrogen and oxygen atoms in total. The van der Waals surface area contributed by atoms with Gasteiger partial charge < -0.3 is 15.8 Å². The first-order valence-electron chi connectivity index (χ1n) is 8.20. The van der Waals surface area contributed by atoms with Gasteiger partial charge in [-0.25, -0.2) is 0 Å². The number of ether oxygens (including phenoxy) is 1. The lowest BCUT2D eigenvalue weighted by atomic mass is 9.74. The molecule has 1 aliphatic heterocycles. The van der Waals surface area contributed by atoms with Crippen LogP contribution < -0.4 is 11.1 Å². The molecule has 0 aliphatic carbocycles. The molecule has 1 heterocycles. The summed E-state index contributed by atoms with van der Waals surface area (Å²) in [6.07, 6.45) is 2.57. The van der Waals surface area contributed by atoms with E-state index in [1.165, 1.54) is 5.56 Å². The summed E-state index contributed by atoms with van der Waals surface area (Å²) in [6.45, 7) is 6.27. The van der Waals surface area contributed by atoms with Crippen LogP contribution in [0.4, 0.5) is 0 Å². The van der Waals surface area contributed by atoms with Crippen LogP contribution >= 0.6 is 12.4 Å². The molecule has 0 saturated carbocycles. The molecule has 0 unspecified atom stereocenters. The number of hydrogen-bond acceptors (Lipinski definition) is 3. The Hall–Kier alpha value is -1.10. The van der Waals surface area contributed by atoms with Crippen molar-refractivity contribution in [2.24, 2.45) is 11.7 Å². The monoisotopic (exact) mass is 340 g/mol. The molecule has 1 fully saturated rings. The Morgan fingerprint density at radius 3 is 2.43 bits per heavy atom. The van der Waals surface area contributed by atoms with Crippen molar-refractivity contribution in [2.45, 2.75) is 44.6 Å². The zero-order valence-electron chi connectivity index (χ0n) is 14.1. The Morgan fingerprint density at radius 1 is 1.26 bits per heavy atom. The lowest BCUT2D eigenvalue weighted by Gasteiger charge is -2.38. The van der Waals surface area contributed by atoms with Crippen LogP contribution in [0.15, 0.2) is 30.3 Å². The van der Waals surface area contributed by atoms with E-state index in [0.29, 0.717) is 18.9 Å². The Labute approximate surface area is 145 Å². The second kappa shape index (κ2) is 9.26. The highest BCUT2D eigenvalue weighted by molar-refractivity contribution is 5.85. The summed E-state index contributed by atoms with van der Waals surface area (Å²) in [4.78, 5) is 12.2. The van der Waals surface area contributed by atoms with Crippen LogP contribution in [-0.4, -0.2) is 31.7 Å². The van der Waals surface area contributed by atoms with Crippen molar-refractivity contribution in [1.29, 1.82) is 0 Å². The number of halogens is 1. The van der Waals surface area contributed by atoms with Gasteiger partial charge in [0.05, 0.1) is 6.04 Å². The summed E-state index contributed by atoms with van der Waals surface area (Å²) in [5.74, 6) is 0.377. The maximum absolute atomic E-state index is 12.2. The van der Waals surface area contributed by atoms with Gasteiger partial charge in [-0.2, -0.15) is 0 Å². The molecule has 1 aromatic carbocycles. The number of hydrogen-bond donors (Lipinski definition) is 2. The predicted octanol–water partition coefficient (Wildman–Crippen LogP) is 2.65. The molecule has 1 atom stereocenters. The molecule has 1 amide bonds. The lowest BCUT2D eigenvalue weighted by Crippen LogP contribution is -2.49. The molecule has 5 heteroatoms. The van der Waals surface area contributed by atoms with Gasteiger partial charge in [-0.15, -0.1) is 12.4 Å². The normalized spacial score (nSPS) is 18.1. The first-order chi connectivity index (χ1) is 10.5. The van der Waals surface area contributed by atoms with Crippen molar-refractivity contribution in [3.05, 3.63) is 35.9 Å². The van der Waals surface area contributed by atoms with Crippen molar-refractivity contribution in [1.82, 2.24) is 5.32 Å². The number of carbonyl (C=O) groups is 1. The number of nitrogens with one attached hydrogen (secondary N) is 1. The van der Waals surface area contributed by atoms with Gasteiger partial charge in [-0.3, -0.25) is 4.79 Å². The molecule has 1 aliphatic rings. The smallest absolute Gasteiger partial charge is 0.236 e. The fourth-order valence-corrected chi connectivity index (χ4v) is 3.12. The molecule has 2 rings (SSSR count). The number of rotatable bonds is 6. The summed E-state index contributed by atoms with van der Waals surface area (Å²) in [5.41, 5.74) is 7.22. The van der Waals surface area contributed by atoms with Gasteiger partial charge in [0, 0.05) is 25.2 Å². The third kappa shape index (κ3) is 5.48. The highest BCUT2D eigenvalue weighted by Gasteiger charge is 2.35. The average molecular weight is 341 g/mol. The summed E-state index contributed by atoms with van der Waals surface area (Å²) >= 11 is 0. The van der Waals surface area contributed by atoms with Crippen molar-refractivity contribution in [3.63, 3.8) is 0 Å². The molecule has 0 spiro atoms. The molecule has 0 aromatic heterocycles. The molecular formula is C18H29ClN2O2. The molecule has 23 heavy (non-hydrogen) atoms. The van der Waals surface area contributed by atoms with E-state index >= 15 is 0 Å². The number of benzene rings is 1. The molecule has 0 bridgehead atoms. The summed E-state index contributed by atoms with van der Waals surface area (Å²) in [5, 5.41) is 3.08. The van der Waals surface area contributed by atoms with Crippen LogP contribution in [0, 0.1) is 5.92 Å². The molecule has 3 N–H and O–H groups in total. The Bertz CT molecular complexity index is 473. The largest absolute Gasteiger partial charge is 0.381 e. The van der Waals surface area contributed by atoms with Crippen molar-refractivity contribution < 1.29 is 9.53 Å². The number of nitrogens with two attached hydrogens (primary N) is 1. The van der Waals surface area contributed by atoms with Crippen LogP contribution in [0.1, 0.15) is 38.7 Å². The third-order valence-electron chi connectivity index (χ3n) is 4.50. The lowest BCUT2D eigenvalue weighted by molar-refractivity contribution is -0.123. The SMILES string of the molecule is CC(C)C[C@H](N)C(=O)NCC1(c2ccccc2)CCOCC1.Cl. The highest BCUT2D eigenvalue weighted by atomic mass is 35.5. The fraction of sp³-hybridized carbons (Fsp3) is 0.611. The van der Waals surface area contributed by atoms with E-state index in [4.69, 9.17) is 10.5 Å². The standard InChI is InChI=1S/C18H28N2O2.ClH/c1-14(2)12-16(19)17(21)20-13-18(8-10-22-11-9-18)15-6-4-3-5-7-15;/h3-7,14,16H,8-13,19H2,1-2H3,(H,20,21);1H/t16-;/m0./s1. The Kier molecular flexibility index (Phi) is 8.03. The predicted molar refractivity (Wildman–Crippen MR) is 95.9 cm³/mol. The Morgan fingerprint density at radius 2 is 1.87 bits per heavy atom. The maximum atomic E-state index is 12.2. The van der Waals surface area contributed by atoms with Crippen LogP contribution in [0.5, 0.6) is 0 Å². The quantitative estimate of drug-likeness (QED) is 0.836. The van der Waals surface area contributed by atoms with Gasteiger partial charge >= 0.3 is 0 Å². The number of amides is 1. The molecule has 1 aromatic rings. The summed E-state index contributed by atoms with van der Waals surface area (Å²) < 4.78 is 5.52. The summed E-state index contributed by atoms with van der Waals surface area (Å²) in [6, 6.07) is 10.00. The van der Waals surface area contributed by atoms with Gasteiger partial charge in [0.25, 0.3) is 0 Å². The van der Waals surface area contributed by atoms with E-state index in [2.05, 4.69) is 43.4 Å². The second-order valence-corrected chi connectivity index (χ2v) is 6.71. The first kappa shape index (κ1) is 19.9. The van der Waals surface area contributed by atoms with Crippen molar-refractivity contribution in [3.8, 4) is 0 Å². The van der Waals surface area contributed by atoms with Crippen molar-refractivity contribution in [2.75, 3.05) is 19.8 Å². The topological polar surface area (TPSA) is 64.4 Å². The minimum Gasteiger partial charge on any atom is -0.381 e.